The summed E-state index contributed by atoms with van der Waals surface area (Å²) >= 11 is 4.54. The summed E-state index contributed by atoms with van der Waals surface area (Å²) in [4.78, 5) is 10.7. The molecule has 1 aromatic carbocycles. The second-order valence-electron chi connectivity index (χ2n) is 2.30. The maximum Gasteiger partial charge on any atom is 0.271 e. The van der Waals surface area contributed by atoms with Gasteiger partial charge in [0, 0.05) is 21.5 Å². The minimum atomic E-state index is -0.441. The number of nitrogens with zero attached hydrogens (tertiary/aromatic N) is 1. The van der Waals surface area contributed by atoms with Crippen LogP contribution in [0.4, 0.5) is 11.4 Å². The molecule has 0 atom stereocenters. The van der Waals surface area contributed by atoms with Crippen molar-refractivity contribution in [1.29, 1.82) is 0 Å². The van der Waals surface area contributed by atoms with E-state index in [4.69, 9.17) is 5.73 Å². The number of hydrogen-bond acceptors (Lipinski definition) is 4. The molecule has 0 spiro atoms. The lowest BCUT2D eigenvalue weighted by Crippen LogP contribution is -1.94. The molecule has 0 saturated heterocycles. The normalized spacial score (nSPS) is 10.0. The standard InChI is InChI=1S/C7H7BrN2O2S/c1-13-6-3-4(10(11)12)2-5(8)7(6)9/h2-3H,9H2,1H3. The number of anilines is 1. The van der Waals surface area contributed by atoms with Crippen molar-refractivity contribution in [2.24, 2.45) is 0 Å². The smallest absolute Gasteiger partial charge is 0.271 e. The number of benzene rings is 1. The summed E-state index contributed by atoms with van der Waals surface area (Å²) in [6.07, 6.45) is 1.82. The first-order valence-electron chi connectivity index (χ1n) is 3.33. The van der Waals surface area contributed by atoms with E-state index >= 15 is 0 Å². The molecule has 0 radical (unpaired) electrons. The average Bonchev–Trinajstić information content (AvgIpc) is 2.09. The fourth-order valence-corrected chi connectivity index (χ4v) is 2.00. The Labute approximate surface area is 87.8 Å². The molecule has 70 valence electrons. The van der Waals surface area contributed by atoms with E-state index in [1.165, 1.54) is 23.9 Å². The minimum absolute atomic E-state index is 0.0467. The van der Waals surface area contributed by atoms with E-state index in [1.807, 2.05) is 6.26 Å². The molecule has 1 rings (SSSR count). The van der Waals surface area contributed by atoms with Gasteiger partial charge in [0.25, 0.3) is 5.69 Å². The molecule has 0 aliphatic carbocycles. The van der Waals surface area contributed by atoms with Gasteiger partial charge in [-0.2, -0.15) is 0 Å². The van der Waals surface area contributed by atoms with E-state index in [-0.39, 0.29) is 5.69 Å². The van der Waals surface area contributed by atoms with Crippen molar-refractivity contribution in [3.63, 3.8) is 0 Å². The van der Waals surface area contributed by atoms with Crippen LogP contribution in [0.2, 0.25) is 0 Å². The van der Waals surface area contributed by atoms with Gasteiger partial charge in [0.2, 0.25) is 0 Å². The Morgan fingerprint density at radius 3 is 2.69 bits per heavy atom. The fraction of sp³-hybridized carbons (Fsp3) is 0.143. The van der Waals surface area contributed by atoms with E-state index in [2.05, 4.69) is 15.9 Å². The molecule has 0 unspecified atom stereocenters. The zero-order valence-corrected chi connectivity index (χ0v) is 9.18. The van der Waals surface area contributed by atoms with Crippen molar-refractivity contribution in [3.8, 4) is 0 Å². The molecular formula is C7H7BrN2O2S. The van der Waals surface area contributed by atoms with Gasteiger partial charge in [-0.1, -0.05) is 0 Å². The summed E-state index contributed by atoms with van der Waals surface area (Å²) in [5, 5.41) is 10.5. The van der Waals surface area contributed by atoms with Crippen LogP contribution in [0.3, 0.4) is 0 Å². The number of nitro groups is 1. The summed E-state index contributed by atoms with van der Waals surface area (Å²) in [7, 11) is 0. The highest BCUT2D eigenvalue weighted by Gasteiger charge is 2.12. The summed E-state index contributed by atoms with van der Waals surface area (Å²) in [5.74, 6) is 0. The van der Waals surface area contributed by atoms with Crippen LogP contribution in [0.1, 0.15) is 0 Å². The van der Waals surface area contributed by atoms with Gasteiger partial charge >= 0.3 is 0 Å². The molecule has 0 aliphatic heterocycles. The van der Waals surface area contributed by atoms with E-state index in [9.17, 15) is 10.1 Å². The van der Waals surface area contributed by atoms with Crippen LogP contribution in [0.5, 0.6) is 0 Å². The molecule has 0 amide bonds. The molecule has 6 heteroatoms. The summed E-state index contributed by atoms with van der Waals surface area (Å²) in [5.41, 5.74) is 6.26. The average molecular weight is 263 g/mol. The molecule has 0 aliphatic rings. The van der Waals surface area contributed by atoms with E-state index in [0.29, 0.717) is 15.1 Å². The topological polar surface area (TPSA) is 69.2 Å². The molecule has 13 heavy (non-hydrogen) atoms. The van der Waals surface area contributed by atoms with Gasteiger partial charge in [-0.05, 0) is 22.2 Å². The lowest BCUT2D eigenvalue weighted by Gasteiger charge is -2.03. The molecule has 0 fully saturated rings. The van der Waals surface area contributed by atoms with Gasteiger partial charge in [0.05, 0.1) is 10.6 Å². The third kappa shape index (κ3) is 2.13. The highest BCUT2D eigenvalue weighted by atomic mass is 79.9. The number of nitro benzene ring substituents is 1. The van der Waals surface area contributed by atoms with E-state index in [0.717, 1.165) is 0 Å². The first-order chi connectivity index (χ1) is 6.06. The van der Waals surface area contributed by atoms with Crippen molar-refractivity contribution in [2.75, 3.05) is 12.0 Å². The number of halogens is 1. The summed E-state index contributed by atoms with van der Waals surface area (Å²) in [6, 6.07) is 2.86. The molecule has 0 saturated carbocycles. The lowest BCUT2D eigenvalue weighted by molar-refractivity contribution is -0.385. The van der Waals surface area contributed by atoms with Crippen LogP contribution in [-0.2, 0) is 0 Å². The number of hydrogen-bond donors (Lipinski definition) is 1. The zero-order chi connectivity index (χ0) is 10.0. The van der Waals surface area contributed by atoms with Crippen LogP contribution >= 0.6 is 27.7 Å². The second kappa shape index (κ2) is 3.97. The Bertz CT molecular complexity index is 357. The fourth-order valence-electron chi connectivity index (χ4n) is 0.853. The van der Waals surface area contributed by atoms with Crippen molar-refractivity contribution >= 4 is 39.1 Å². The molecule has 0 heterocycles. The maximum atomic E-state index is 10.5. The zero-order valence-electron chi connectivity index (χ0n) is 6.78. The number of thioether (sulfide) groups is 1. The molecule has 1 aromatic rings. The van der Waals surface area contributed by atoms with Crippen LogP contribution < -0.4 is 5.73 Å². The monoisotopic (exact) mass is 262 g/mol. The van der Waals surface area contributed by atoms with Gasteiger partial charge in [0.1, 0.15) is 0 Å². The molecule has 2 N–H and O–H groups in total. The van der Waals surface area contributed by atoms with Crippen molar-refractivity contribution in [3.05, 3.63) is 26.7 Å². The Morgan fingerprint density at radius 1 is 1.62 bits per heavy atom. The third-order valence-electron chi connectivity index (χ3n) is 1.51. The van der Waals surface area contributed by atoms with Crippen molar-refractivity contribution in [1.82, 2.24) is 0 Å². The lowest BCUT2D eigenvalue weighted by atomic mass is 10.3. The van der Waals surface area contributed by atoms with E-state index < -0.39 is 4.92 Å². The predicted molar refractivity (Wildman–Crippen MR) is 57.0 cm³/mol. The Kier molecular flexibility index (Phi) is 3.16. The van der Waals surface area contributed by atoms with Crippen LogP contribution in [0.25, 0.3) is 0 Å². The van der Waals surface area contributed by atoms with Crippen molar-refractivity contribution in [2.45, 2.75) is 4.90 Å². The number of rotatable bonds is 2. The minimum Gasteiger partial charge on any atom is -0.397 e. The summed E-state index contributed by atoms with van der Waals surface area (Å²) < 4.78 is 0.561. The first kappa shape index (κ1) is 10.3. The molecular weight excluding hydrogens is 256 g/mol. The predicted octanol–water partition coefficient (Wildman–Crippen LogP) is 2.66. The maximum absolute atomic E-state index is 10.5. The Balaban J connectivity index is 3.30. The molecule has 0 aromatic heterocycles. The van der Waals surface area contributed by atoms with Crippen LogP contribution in [0, 0.1) is 10.1 Å². The number of nitrogen functional groups attached to an aromatic ring is 1. The number of non-ortho nitro benzene ring substituents is 1. The largest absolute Gasteiger partial charge is 0.397 e. The van der Waals surface area contributed by atoms with Gasteiger partial charge in [-0.3, -0.25) is 10.1 Å². The molecule has 4 nitrogen and oxygen atoms in total. The van der Waals surface area contributed by atoms with E-state index in [1.54, 1.807) is 0 Å². The summed E-state index contributed by atoms with van der Waals surface area (Å²) in [6.45, 7) is 0. The first-order valence-corrected chi connectivity index (χ1v) is 5.35. The Morgan fingerprint density at radius 2 is 2.23 bits per heavy atom. The van der Waals surface area contributed by atoms with Crippen LogP contribution in [0.15, 0.2) is 21.5 Å². The number of nitrogens with two attached hydrogens (primary N) is 1. The van der Waals surface area contributed by atoms with Gasteiger partial charge in [0.15, 0.2) is 0 Å². The van der Waals surface area contributed by atoms with Gasteiger partial charge in [-0.25, -0.2) is 0 Å². The van der Waals surface area contributed by atoms with Gasteiger partial charge in [-0.15, -0.1) is 11.8 Å². The molecule has 0 bridgehead atoms. The van der Waals surface area contributed by atoms with Crippen LogP contribution in [-0.4, -0.2) is 11.2 Å². The Hall–Kier alpha value is -0.750. The highest BCUT2D eigenvalue weighted by molar-refractivity contribution is 9.10. The second-order valence-corrected chi connectivity index (χ2v) is 4.00. The quantitative estimate of drug-likeness (QED) is 0.385. The van der Waals surface area contributed by atoms with Gasteiger partial charge < -0.3 is 5.73 Å². The third-order valence-corrected chi connectivity index (χ3v) is 2.94. The highest BCUT2D eigenvalue weighted by Crippen LogP contribution is 2.34. The SMILES string of the molecule is CSc1cc([N+](=O)[O-])cc(Br)c1N. The van der Waals surface area contributed by atoms with Crippen molar-refractivity contribution < 1.29 is 4.92 Å².